The third kappa shape index (κ3) is 5.80. The van der Waals surface area contributed by atoms with Crippen molar-refractivity contribution < 1.29 is 0 Å². The predicted octanol–water partition coefficient (Wildman–Crippen LogP) is 3.20. The van der Waals surface area contributed by atoms with Crippen LogP contribution >= 0.6 is 24.0 Å². The van der Waals surface area contributed by atoms with E-state index in [1.165, 1.54) is 11.1 Å². The standard InChI is InChI=1S/C15H25N3.HI/c1-12-8-7-9-14(10-12)13(2)11-16-15(17(3)4)18(5)6;/h7-10,13H,11H2,1-6H3;1H. The molecule has 1 atom stereocenters. The molecule has 0 radical (unpaired) electrons. The first-order valence-corrected chi connectivity index (χ1v) is 6.37. The topological polar surface area (TPSA) is 18.8 Å². The van der Waals surface area contributed by atoms with Crippen LogP contribution in [0.2, 0.25) is 0 Å². The smallest absolute Gasteiger partial charge is 0.195 e. The minimum Gasteiger partial charge on any atom is -0.349 e. The van der Waals surface area contributed by atoms with Gasteiger partial charge in [-0.25, -0.2) is 0 Å². The van der Waals surface area contributed by atoms with E-state index in [1.54, 1.807) is 0 Å². The molecule has 0 N–H and O–H groups in total. The Morgan fingerprint density at radius 2 is 1.74 bits per heavy atom. The number of hydrogen-bond donors (Lipinski definition) is 0. The third-order valence-corrected chi connectivity index (χ3v) is 2.92. The average molecular weight is 375 g/mol. The lowest BCUT2D eigenvalue weighted by Crippen LogP contribution is -2.35. The maximum absolute atomic E-state index is 4.70. The van der Waals surface area contributed by atoms with Crippen molar-refractivity contribution in [3.05, 3.63) is 35.4 Å². The highest BCUT2D eigenvalue weighted by molar-refractivity contribution is 14.0. The molecule has 0 fully saturated rings. The first-order valence-electron chi connectivity index (χ1n) is 6.37. The molecule has 1 unspecified atom stereocenters. The average Bonchev–Trinajstić information content (AvgIpc) is 2.28. The Hall–Kier alpha value is -0.780. The zero-order valence-corrected chi connectivity index (χ0v) is 15.2. The molecule has 19 heavy (non-hydrogen) atoms. The highest BCUT2D eigenvalue weighted by Gasteiger charge is 2.08. The molecule has 3 nitrogen and oxygen atoms in total. The van der Waals surface area contributed by atoms with Crippen molar-refractivity contribution in [1.82, 2.24) is 9.80 Å². The Morgan fingerprint density at radius 3 is 2.21 bits per heavy atom. The van der Waals surface area contributed by atoms with Gasteiger partial charge in [-0.1, -0.05) is 36.8 Å². The summed E-state index contributed by atoms with van der Waals surface area (Å²) in [6.07, 6.45) is 0. The SMILES string of the molecule is Cc1cccc(C(C)CN=C(N(C)C)N(C)C)c1.I. The molecule has 0 aliphatic carbocycles. The lowest BCUT2D eigenvalue weighted by atomic mass is 10.00. The van der Waals surface area contributed by atoms with E-state index < -0.39 is 0 Å². The van der Waals surface area contributed by atoms with E-state index >= 15 is 0 Å². The molecule has 4 heteroatoms. The maximum Gasteiger partial charge on any atom is 0.195 e. The van der Waals surface area contributed by atoms with Crippen LogP contribution in [0.4, 0.5) is 0 Å². The van der Waals surface area contributed by atoms with Crippen molar-refractivity contribution >= 4 is 29.9 Å². The monoisotopic (exact) mass is 375 g/mol. The van der Waals surface area contributed by atoms with Crippen LogP contribution in [0.25, 0.3) is 0 Å². The Kier molecular flexibility index (Phi) is 8.06. The number of hydrogen-bond acceptors (Lipinski definition) is 1. The van der Waals surface area contributed by atoms with Crippen LogP contribution in [-0.2, 0) is 0 Å². The van der Waals surface area contributed by atoms with Crippen LogP contribution in [0, 0.1) is 6.92 Å². The highest BCUT2D eigenvalue weighted by atomic mass is 127. The Morgan fingerprint density at radius 1 is 1.16 bits per heavy atom. The number of aryl methyl sites for hydroxylation is 1. The van der Waals surface area contributed by atoms with Gasteiger partial charge in [0.1, 0.15) is 0 Å². The Bertz CT molecular complexity index is 404. The normalized spacial score (nSPS) is 11.3. The van der Waals surface area contributed by atoms with E-state index in [4.69, 9.17) is 4.99 Å². The number of nitrogens with zero attached hydrogens (tertiary/aromatic N) is 3. The summed E-state index contributed by atoms with van der Waals surface area (Å²) in [5, 5.41) is 0. The number of rotatable bonds is 3. The highest BCUT2D eigenvalue weighted by Crippen LogP contribution is 2.16. The lowest BCUT2D eigenvalue weighted by molar-refractivity contribution is 0.478. The summed E-state index contributed by atoms with van der Waals surface area (Å²) in [7, 11) is 8.10. The summed E-state index contributed by atoms with van der Waals surface area (Å²) in [6.45, 7) is 5.17. The van der Waals surface area contributed by atoms with E-state index in [9.17, 15) is 0 Å². The third-order valence-electron chi connectivity index (χ3n) is 2.92. The fraction of sp³-hybridized carbons (Fsp3) is 0.533. The van der Waals surface area contributed by atoms with Crippen molar-refractivity contribution in [2.45, 2.75) is 19.8 Å². The molecular formula is C15H26IN3. The van der Waals surface area contributed by atoms with Crippen molar-refractivity contribution in [3.63, 3.8) is 0 Å². The van der Waals surface area contributed by atoms with Crippen molar-refractivity contribution in [2.75, 3.05) is 34.7 Å². The summed E-state index contributed by atoms with van der Waals surface area (Å²) < 4.78 is 0. The number of benzene rings is 1. The molecule has 108 valence electrons. The van der Waals surface area contributed by atoms with Crippen molar-refractivity contribution in [2.24, 2.45) is 4.99 Å². The molecule has 0 aliphatic rings. The van der Waals surface area contributed by atoms with Gasteiger partial charge in [0.15, 0.2) is 5.96 Å². The van der Waals surface area contributed by atoms with Gasteiger partial charge in [0.05, 0.1) is 0 Å². The van der Waals surface area contributed by atoms with E-state index in [-0.39, 0.29) is 24.0 Å². The van der Waals surface area contributed by atoms with Gasteiger partial charge in [-0.15, -0.1) is 24.0 Å². The summed E-state index contributed by atoms with van der Waals surface area (Å²) >= 11 is 0. The fourth-order valence-electron chi connectivity index (χ4n) is 1.98. The van der Waals surface area contributed by atoms with Gasteiger partial charge in [-0.2, -0.15) is 0 Å². The molecule has 0 spiro atoms. The molecular weight excluding hydrogens is 349 g/mol. The van der Waals surface area contributed by atoms with E-state index in [0.29, 0.717) is 5.92 Å². The van der Waals surface area contributed by atoms with Gasteiger partial charge in [-0.05, 0) is 12.5 Å². The van der Waals surface area contributed by atoms with Crippen molar-refractivity contribution in [1.29, 1.82) is 0 Å². The second-order valence-electron chi connectivity index (χ2n) is 5.24. The maximum atomic E-state index is 4.70. The van der Waals surface area contributed by atoms with E-state index in [2.05, 4.69) is 38.1 Å². The lowest BCUT2D eigenvalue weighted by Gasteiger charge is -2.23. The van der Waals surface area contributed by atoms with Crippen molar-refractivity contribution in [3.8, 4) is 0 Å². The zero-order valence-electron chi connectivity index (χ0n) is 12.8. The minimum atomic E-state index is 0. The van der Waals surface area contributed by atoms with Crippen LogP contribution in [0.1, 0.15) is 24.0 Å². The first-order chi connectivity index (χ1) is 8.41. The zero-order chi connectivity index (χ0) is 13.7. The Labute approximate surface area is 134 Å². The largest absolute Gasteiger partial charge is 0.349 e. The molecule has 0 heterocycles. The van der Waals surface area contributed by atoms with Crippen LogP contribution in [0.3, 0.4) is 0 Å². The first kappa shape index (κ1) is 18.2. The van der Waals surface area contributed by atoms with Gasteiger partial charge in [0.25, 0.3) is 0 Å². The predicted molar refractivity (Wildman–Crippen MR) is 94.7 cm³/mol. The summed E-state index contributed by atoms with van der Waals surface area (Å²) in [4.78, 5) is 8.79. The van der Waals surface area contributed by atoms with Gasteiger partial charge < -0.3 is 9.80 Å². The molecule has 0 aliphatic heterocycles. The number of aliphatic imine (C=N–C) groups is 1. The van der Waals surface area contributed by atoms with Gasteiger partial charge >= 0.3 is 0 Å². The summed E-state index contributed by atoms with van der Waals surface area (Å²) in [5.74, 6) is 1.45. The molecule has 0 amide bonds. The van der Waals surface area contributed by atoms with Gasteiger partial charge in [0, 0.05) is 40.7 Å². The van der Waals surface area contributed by atoms with E-state index in [1.807, 2.05) is 38.0 Å². The molecule has 0 aromatic heterocycles. The molecule has 1 aromatic carbocycles. The molecule has 0 saturated heterocycles. The summed E-state index contributed by atoms with van der Waals surface area (Å²) in [5.41, 5.74) is 2.67. The second-order valence-corrected chi connectivity index (χ2v) is 5.24. The van der Waals surface area contributed by atoms with Crippen LogP contribution in [0.15, 0.2) is 29.3 Å². The minimum absolute atomic E-state index is 0. The number of halogens is 1. The fourth-order valence-corrected chi connectivity index (χ4v) is 1.98. The molecule has 0 saturated carbocycles. The van der Waals surface area contributed by atoms with Crippen LogP contribution < -0.4 is 0 Å². The molecule has 0 bridgehead atoms. The van der Waals surface area contributed by atoms with E-state index in [0.717, 1.165) is 12.5 Å². The quantitative estimate of drug-likeness (QED) is 0.459. The summed E-state index contributed by atoms with van der Waals surface area (Å²) in [6, 6.07) is 8.66. The van der Waals surface area contributed by atoms with Gasteiger partial charge in [0.2, 0.25) is 0 Å². The van der Waals surface area contributed by atoms with Crippen LogP contribution in [-0.4, -0.2) is 50.5 Å². The van der Waals surface area contributed by atoms with Crippen LogP contribution in [0.5, 0.6) is 0 Å². The Balaban J connectivity index is 0.00000324. The molecule has 1 rings (SSSR count). The second kappa shape index (κ2) is 8.40. The number of guanidine groups is 1. The molecule has 1 aromatic rings. The van der Waals surface area contributed by atoms with Gasteiger partial charge in [-0.3, -0.25) is 4.99 Å².